The quantitative estimate of drug-likeness (QED) is 0.759. The van der Waals surface area contributed by atoms with E-state index in [2.05, 4.69) is 31.5 Å². The molecule has 0 saturated heterocycles. The second-order valence-electron chi connectivity index (χ2n) is 4.16. The molecule has 0 aliphatic rings. The molecule has 0 aliphatic carbocycles. The van der Waals surface area contributed by atoms with E-state index in [-0.39, 0.29) is 0 Å². The predicted octanol–water partition coefficient (Wildman–Crippen LogP) is 2.64. The molecule has 0 radical (unpaired) electrons. The molecule has 0 unspecified atom stereocenters. The topological polar surface area (TPSA) is 66.5 Å². The third kappa shape index (κ3) is 1.95. The molecule has 3 aromatic rings. The zero-order chi connectivity index (χ0) is 12.5. The van der Waals surface area contributed by atoms with Crippen LogP contribution in [0.25, 0.3) is 11.0 Å². The van der Waals surface area contributed by atoms with Crippen LogP contribution in [0.4, 0.5) is 5.69 Å². The lowest BCUT2D eigenvalue weighted by Gasteiger charge is -2.04. The number of rotatable bonds is 3. The maximum Gasteiger partial charge on any atom is 0.181 e. The van der Waals surface area contributed by atoms with Gasteiger partial charge in [-0.15, -0.1) is 11.3 Å². The van der Waals surface area contributed by atoms with Gasteiger partial charge in [-0.05, 0) is 19.9 Å². The first-order chi connectivity index (χ1) is 8.74. The van der Waals surface area contributed by atoms with Gasteiger partial charge in [0.05, 0.1) is 29.6 Å². The monoisotopic (exact) mass is 259 g/mol. The highest BCUT2D eigenvalue weighted by Crippen LogP contribution is 2.19. The number of pyridine rings is 1. The van der Waals surface area contributed by atoms with E-state index >= 15 is 0 Å². The van der Waals surface area contributed by atoms with Crippen LogP contribution in [0.3, 0.4) is 0 Å². The largest absolute Gasteiger partial charge is 0.379 e. The fourth-order valence-corrected chi connectivity index (χ4v) is 2.51. The first kappa shape index (κ1) is 11.2. The van der Waals surface area contributed by atoms with Crippen LogP contribution in [-0.4, -0.2) is 20.2 Å². The summed E-state index contributed by atoms with van der Waals surface area (Å²) in [6, 6.07) is 2.07. The second kappa shape index (κ2) is 4.38. The van der Waals surface area contributed by atoms with Crippen LogP contribution in [0.15, 0.2) is 17.8 Å². The SMILES string of the molecule is Cc1ncsc1CNc1cnc2n[nH]c(C)c2c1. The summed E-state index contributed by atoms with van der Waals surface area (Å²) in [6.45, 7) is 4.80. The Morgan fingerprint density at radius 2 is 2.22 bits per heavy atom. The fraction of sp³-hybridized carbons (Fsp3) is 0.250. The minimum Gasteiger partial charge on any atom is -0.379 e. The lowest BCUT2D eigenvalue weighted by atomic mass is 10.2. The van der Waals surface area contributed by atoms with E-state index in [1.807, 2.05) is 19.4 Å². The molecule has 3 rings (SSSR count). The smallest absolute Gasteiger partial charge is 0.181 e. The van der Waals surface area contributed by atoms with E-state index in [4.69, 9.17) is 0 Å². The number of nitrogens with one attached hydrogen (secondary N) is 2. The van der Waals surface area contributed by atoms with E-state index < -0.39 is 0 Å². The predicted molar refractivity (Wildman–Crippen MR) is 72.8 cm³/mol. The Morgan fingerprint density at radius 1 is 1.33 bits per heavy atom. The van der Waals surface area contributed by atoms with Crippen molar-refractivity contribution in [1.29, 1.82) is 0 Å². The van der Waals surface area contributed by atoms with E-state index in [1.54, 1.807) is 17.5 Å². The van der Waals surface area contributed by atoms with Crippen molar-refractivity contribution < 1.29 is 0 Å². The normalized spacial score (nSPS) is 11.0. The number of nitrogens with zero attached hydrogens (tertiary/aromatic N) is 3. The highest BCUT2D eigenvalue weighted by atomic mass is 32.1. The van der Waals surface area contributed by atoms with E-state index in [0.29, 0.717) is 0 Å². The summed E-state index contributed by atoms with van der Waals surface area (Å²) in [4.78, 5) is 9.79. The molecule has 92 valence electrons. The lowest BCUT2D eigenvalue weighted by Crippen LogP contribution is -1.99. The van der Waals surface area contributed by atoms with Gasteiger partial charge in [0.1, 0.15) is 0 Å². The number of aromatic amines is 1. The third-order valence-corrected chi connectivity index (χ3v) is 3.83. The van der Waals surface area contributed by atoms with Crippen molar-refractivity contribution in [2.75, 3.05) is 5.32 Å². The summed E-state index contributed by atoms with van der Waals surface area (Å²) in [5, 5.41) is 11.5. The van der Waals surface area contributed by atoms with Crippen molar-refractivity contribution in [1.82, 2.24) is 20.2 Å². The van der Waals surface area contributed by atoms with Gasteiger partial charge < -0.3 is 5.32 Å². The molecule has 3 heterocycles. The summed E-state index contributed by atoms with van der Waals surface area (Å²) >= 11 is 1.66. The number of hydrogen-bond donors (Lipinski definition) is 2. The Balaban J connectivity index is 1.82. The third-order valence-electron chi connectivity index (χ3n) is 2.90. The Bertz CT molecular complexity index is 685. The molecular formula is C12H13N5S. The van der Waals surface area contributed by atoms with Crippen molar-refractivity contribution in [2.24, 2.45) is 0 Å². The van der Waals surface area contributed by atoms with Crippen LogP contribution in [0, 0.1) is 13.8 Å². The molecule has 0 aliphatic heterocycles. The molecule has 18 heavy (non-hydrogen) atoms. The number of thiazole rings is 1. The maximum absolute atomic E-state index is 4.31. The highest BCUT2D eigenvalue weighted by Gasteiger charge is 2.05. The van der Waals surface area contributed by atoms with Crippen molar-refractivity contribution in [2.45, 2.75) is 20.4 Å². The summed E-state index contributed by atoms with van der Waals surface area (Å²) < 4.78 is 0. The van der Waals surface area contributed by atoms with Gasteiger partial charge in [-0.25, -0.2) is 9.97 Å². The zero-order valence-electron chi connectivity index (χ0n) is 10.2. The minimum atomic E-state index is 0.757. The fourth-order valence-electron chi connectivity index (χ4n) is 1.79. The van der Waals surface area contributed by atoms with Gasteiger partial charge in [0.15, 0.2) is 5.65 Å². The van der Waals surface area contributed by atoms with Crippen LogP contribution in [-0.2, 0) is 6.54 Å². The highest BCUT2D eigenvalue weighted by molar-refractivity contribution is 7.09. The molecule has 0 aromatic carbocycles. The Hall–Kier alpha value is -1.95. The van der Waals surface area contributed by atoms with Crippen LogP contribution < -0.4 is 5.32 Å². The summed E-state index contributed by atoms with van der Waals surface area (Å²) in [5.41, 5.74) is 5.75. The zero-order valence-corrected chi connectivity index (χ0v) is 11.0. The summed E-state index contributed by atoms with van der Waals surface area (Å²) in [6.07, 6.45) is 1.80. The molecule has 0 atom stereocenters. The number of anilines is 1. The molecule has 3 aromatic heterocycles. The Labute approximate surface area is 108 Å². The summed E-state index contributed by atoms with van der Waals surface area (Å²) in [7, 11) is 0. The molecule has 0 saturated carbocycles. The van der Waals surface area contributed by atoms with Gasteiger partial charge in [-0.3, -0.25) is 5.10 Å². The van der Waals surface area contributed by atoms with Crippen molar-refractivity contribution in [3.05, 3.63) is 34.0 Å². The van der Waals surface area contributed by atoms with Gasteiger partial charge in [0.25, 0.3) is 0 Å². The molecule has 6 heteroatoms. The van der Waals surface area contributed by atoms with Gasteiger partial charge in [0.2, 0.25) is 0 Å². The molecule has 2 N–H and O–H groups in total. The van der Waals surface area contributed by atoms with E-state index in [9.17, 15) is 0 Å². The number of aromatic nitrogens is 4. The molecule has 0 bridgehead atoms. The lowest BCUT2D eigenvalue weighted by molar-refractivity contribution is 1.05. The average Bonchev–Trinajstić information content (AvgIpc) is 2.94. The Kier molecular flexibility index (Phi) is 2.71. The van der Waals surface area contributed by atoms with Crippen molar-refractivity contribution >= 4 is 28.1 Å². The summed E-state index contributed by atoms with van der Waals surface area (Å²) in [5.74, 6) is 0. The average molecular weight is 259 g/mol. The standard InChI is InChI=1S/C12H13N5S/c1-7-10-3-9(4-14-12(10)17-16-7)13-5-11-8(2)15-6-18-11/h3-4,6,13H,5H2,1-2H3,(H,14,16,17). The second-order valence-corrected chi connectivity index (χ2v) is 5.10. The van der Waals surface area contributed by atoms with E-state index in [0.717, 1.165) is 34.7 Å². The minimum absolute atomic E-state index is 0.757. The maximum atomic E-state index is 4.31. The molecule has 5 nitrogen and oxygen atoms in total. The van der Waals surface area contributed by atoms with E-state index in [1.165, 1.54) is 4.88 Å². The molecule has 0 fully saturated rings. The van der Waals surface area contributed by atoms with Gasteiger partial charge in [-0.2, -0.15) is 5.10 Å². The first-order valence-electron chi connectivity index (χ1n) is 5.67. The molecule has 0 spiro atoms. The Morgan fingerprint density at radius 3 is 3.00 bits per heavy atom. The van der Waals surface area contributed by atoms with Gasteiger partial charge in [-0.1, -0.05) is 0 Å². The molecular weight excluding hydrogens is 246 g/mol. The van der Waals surface area contributed by atoms with Crippen LogP contribution in [0.5, 0.6) is 0 Å². The number of fused-ring (bicyclic) bond motifs is 1. The first-order valence-corrected chi connectivity index (χ1v) is 6.55. The van der Waals surface area contributed by atoms with Crippen molar-refractivity contribution in [3.63, 3.8) is 0 Å². The van der Waals surface area contributed by atoms with Crippen LogP contribution >= 0.6 is 11.3 Å². The number of hydrogen-bond acceptors (Lipinski definition) is 5. The van der Waals surface area contributed by atoms with Gasteiger partial charge >= 0.3 is 0 Å². The van der Waals surface area contributed by atoms with Crippen LogP contribution in [0.2, 0.25) is 0 Å². The van der Waals surface area contributed by atoms with Gasteiger partial charge in [0, 0.05) is 16.0 Å². The van der Waals surface area contributed by atoms with Crippen molar-refractivity contribution in [3.8, 4) is 0 Å². The van der Waals surface area contributed by atoms with Crippen LogP contribution in [0.1, 0.15) is 16.3 Å². The number of H-pyrrole nitrogens is 1. The number of aryl methyl sites for hydroxylation is 2. The molecule has 0 amide bonds.